The van der Waals surface area contributed by atoms with Crippen molar-refractivity contribution >= 4 is 85.0 Å². The highest BCUT2D eigenvalue weighted by molar-refractivity contribution is 8.77. The van der Waals surface area contributed by atoms with Crippen molar-refractivity contribution < 1.29 is 155 Å². The molecule has 6 saturated heterocycles. The molecule has 4 bridgehead atoms. The Morgan fingerprint density at radius 2 is 0.782 bits per heavy atom. The van der Waals surface area contributed by atoms with Gasteiger partial charge in [-0.2, -0.15) is 0 Å². The maximum absolute atomic E-state index is 13.1. The Balaban J connectivity index is 0.000000361. The highest BCUT2D eigenvalue weighted by Gasteiger charge is 2.52. The van der Waals surface area contributed by atoms with E-state index in [1.165, 1.54) is 47.6 Å². The number of alkyl carbamates (subject to hydrolysis) is 3. The summed E-state index contributed by atoms with van der Waals surface area (Å²) < 4.78 is 89.9. The fourth-order valence-corrected chi connectivity index (χ4v) is 19.5. The first-order valence-electron chi connectivity index (χ1n) is 50.0. The Bertz CT molecular complexity index is 4150. The monoisotopic (exact) mass is 2140 g/mol. The van der Waals surface area contributed by atoms with E-state index >= 15 is 0 Å². The minimum Gasteiger partial charge on any atom is -0.463 e. The van der Waals surface area contributed by atoms with Crippen LogP contribution in [0.25, 0.3) is 0 Å². The normalized spacial score (nSPS) is 18.6. The number of methoxy groups -OCH3 is 3. The lowest BCUT2D eigenvalue weighted by atomic mass is 9.66. The van der Waals surface area contributed by atoms with Crippen molar-refractivity contribution in [3.8, 4) is 0 Å². The Morgan fingerprint density at radius 3 is 1.21 bits per heavy atom. The molecule has 0 aliphatic carbocycles. The van der Waals surface area contributed by atoms with E-state index in [1.807, 2.05) is 57.2 Å². The molecule has 6 fully saturated rings. The second-order valence-corrected chi connectivity index (χ2v) is 39.4. The average molecular weight is 2140 g/mol. The quantitative estimate of drug-likeness (QED) is 0.00555. The maximum Gasteiger partial charge on any atom is 0.407 e. The summed E-state index contributed by atoms with van der Waals surface area (Å²) in [5.41, 5.74) is 6.24. The zero-order chi connectivity index (χ0) is 107. The first-order valence-corrected chi connectivity index (χ1v) is 54.9. The third kappa shape index (κ3) is 52.6. The smallest absolute Gasteiger partial charge is 0.407 e. The molecule has 0 spiro atoms. The second-order valence-electron chi connectivity index (χ2n) is 34.0. The molecule has 0 saturated carbocycles. The molecular weight excluding hydrogens is 1980 g/mol. The minimum absolute atomic E-state index is 0.00176. The highest BCUT2D eigenvalue weighted by Crippen LogP contribution is 2.45. The van der Waals surface area contributed by atoms with Crippen molar-refractivity contribution in [3.63, 3.8) is 0 Å². The number of ketones is 1. The molecule has 12 rings (SSSR count). The van der Waals surface area contributed by atoms with Gasteiger partial charge in [0, 0.05) is 112 Å². The molecule has 37 nitrogen and oxygen atoms in total. The molecule has 6 aromatic rings. The number of hydrogen-bond donors (Lipinski definition) is 13. The van der Waals surface area contributed by atoms with Crippen molar-refractivity contribution in [3.05, 3.63) is 215 Å². The van der Waals surface area contributed by atoms with Crippen LogP contribution < -0.4 is 26.6 Å². The molecule has 6 heterocycles. The number of carbonyl (C=O) groups excluding carboxylic acids is 7. The Hall–Kier alpha value is -8.23. The number of carbonyl (C=O) groups is 7. The molecule has 7 unspecified atom stereocenters. The van der Waals surface area contributed by atoms with Crippen molar-refractivity contribution in [2.75, 3.05) is 216 Å². The Morgan fingerprint density at radius 1 is 0.388 bits per heavy atom. The predicted octanol–water partition coefficient (Wildman–Crippen LogP) is 9.70. The van der Waals surface area contributed by atoms with Crippen LogP contribution in [0.4, 0.5) is 14.4 Å². The van der Waals surface area contributed by atoms with Crippen LogP contribution in [-0.2, 0) is 111 Å². The summed E-state index contributed by atoms with van der Waals surface area (Å²) in [4.78, 5) is 81.9. The van der Waals surface area contributed by atoms with E-state index < -0.39 is 96.9 Å². The molecule has 13 atom stereocenters. The van der Waals surface area contributed by atoms with Gasteiger partial charge in [0.05, 0.1) is 158 Å². The third-order valence-electron chi connectivity index (χ3n) is 22.9. The van der Waals surface area contributed by atoms with Gasteiger partial charge in [-0.05, 0) is 99.6 Å². The zero-order valence-electron chi connectivity index (χ0n) is 85.8. The van der Waals surface area contributed by atoms with Gasteiger partial charge in [0.2, 0.25) is 11.8 Å². The third-order valence-corrected chi connectivity index (χ3v) is 27.9. The SMILES string of the molecule is CC(=O)CCCSSCCNC(=O)CCC(c1ccccc1)(c1ccccc1)c1ccccc1.COC(=O)NCCOCCO.COC(=O)NCCOCCO.COCCOCCOC(C)COC(C)COC(C)COCCOC(=O)CCCSSCCNC(=O)CCC(c1ccccc1)(c1ccccc1)c1ccccc1.O=C(NCCOCCO)OCC1O[C@H]2O[C@@H]3C(CO)O[C@@H](OCCCC[C@H]1[C@H](O)C2O)C(O)[C@H]3O. The summed E-state index contributed by atoms with van der Waals surface area (Å²) in [6.07, 6.45) is -7.33. The molecule has 0 aromatic heterocycles. The molecular formula is C106H159N5O32S4. The van der Waals surface area contributed by atoms with Gasteiger partial charge in [-0.3, -0.25) is 14.4 Å². The lowest BCUT2D eigenvalue weighted by molar-refractivity contribution is -0.357. The van der Waals surface area contributed by atoms with Crippen molar-refractivity contribution in [2.45, 2.75) is 183 Å². The number of Topliss-reactive ketones (excluding diaryl/α,β-unsaturated/α-hetero) is 1. The van der Waals surface area contributed by atoms with Gasteiger partial charge in [0.15, 0.2) is 12.6 Å². The van der Waals surface area contributed by atoms with E-state index in [1.54, 1.807) is 57.2 Å². The van der Waals surface area contributed by atoms with E-state index in [0.717, 1.165) is 35.9 Å². The molecule has 13 N–H and O–H groups in total. The van der Waals surface area contributed by atoms with Gasteiger partial charge < -0.3 is 153 Å². The van der Waals surface area contributed by atoms with Gasteiger partial charge in [0.1, 0.15) is 55.6 Å². The van der Waals surface area contributed by atoms with E-state index in [4.69, 9.17) is 86.4 Å². The molecule has 5 amide bonds. The molecule has 6 aliphatic heterocycles. The maximum atomic E-state index is 13.1. The molecule has 6 aliphatic rings. The number of rotatable bonds is 64. The number of aliphatic hydroxyl groups excluding tert-OH is 8. The van der Waals surface area contributed by atoms with E-state index in [0.29, 0.717) is 163 Å². The van der Waals surface area contributed by atoms with Gasteiger partial charge in [-0.25, -0.2) is 14.4 Å². The zero-order valence-corrected chi connectivity index (χ0v) is 89.1. The lowest BCUT2D eigenvalue weighted by Gasteiger charge is -2.47. The van der Waals surface area contributed by atoms with E-state index in [9.17, 15) is 59.1 Å². The van der Waals surface area contributed by atoms with Crippen LogP contribution in [0.15, 0.2) is 182 Å². The summed E-state index contributed by atoms with van der Waals surface area (Å²) >= 11 is 0. The predicted molar refractivity (Wildman–Crippen MR) is 563 cm³/mol. The van der Waals surface area contributed by atoms with Crippen molar-refractivity contribution in [1.82, 2.24) is 26.6 Å². The van der Waals surface area contributed by atoms with Crippen LogP contribution in [0, 0.1) is 5.92 Å². The van der Waals surface area contributed by atoms with Gasteiger partial charge in [-0.15, -0.1) is 0 Å². The fourth-order valence-electron chi connectivity index (χ4n) is 15.5. The lowest BCUT2D eigenvalue weighted by Crippen LogP contribution is -2.64. The number of ether oxygens (including phenoxy) is 17. The van der Waals surface area contributed by atoms with Crippen molar-refractivity contribution in [2.24, 2.45) is 5.92 Å². The van der Waals surface area contributed by atoms with E-state index in [2.05, 4.69) is 182 Å². The number of aliphatic hydroxyl groups is 8. The molecule has 824 valence electrons. The number of hydrogen-bond acceptors (Lipinski definition) is 36. The summed E-state index contributed by atoms with van der Waals surface area (Å²) in [7, 11) is 11.2. The largest absolute Gasteiger partial charge is 0.463 e. The van der Waals surface area contributed by atoms with E-state index in [-0.39, 0.29) is 101 Å². The van der Waals surface area contributed by atoms with Crippen molar-refractivity contribution in [1.29, 1.82) is 0 Å². The van der Waals surface area contributed by atoms with Gasteiger partial charge in [0.25, 0.3) is 0 Å². The van der Waals surface area contributed by atoms with Crippen LogP contribution in [0.2, 0.25) is 0 Å². The second kappa shape index (κ2) is 80.6. The number of amides is 5. The topological polar surface area (TPSA) is 498 Å². The van der Waals surface area contributed by atoms with Gasteiger partial charge in [-0.1, -0.05) is 232 Å². The number of esters is 1. The van der Waals surface area contributed by atoms with Crippen LogP contribution >= 0.6 is 43.2 Å². The first-order chi connectivity index (χ1) is 71.5. The van der Waals surface area contributed by atoms with Crippen LogP contribution in [0.1, 0.15) is 132 Å². The molecule has 0 radical (unpaired) electrons. The molecule has 147 heavy (non-hydrogen) atoms. The average Bonchev–Trinajstić information content (AvgIpc) is 0.736. The summed E-state index contributed by atoms with van der Waals surface area (Å²) in [6, 6.07) is 62.9. The van der Waals surface area contributed by atoms with Crippen LogP contribution in [0.5, 0.6) is 0 Å². The minimum atomic E-state index is -1.53. The Kier molecular flexibility index (Phi) is 70.9. The summed E-state index contributed by atoms with van der Waals surface area (Å²) in [5.74, 6) is 2.98. The highest BCUT2D eigenvalue weighted by atomic mass is 33.1. The fraction of sp³-hybridized carbons (Fsp3) is 0.594. The molecule has 41 heteroatoms. The number of nitrogens with one attached hydrogen (secondary N) is 5. The standard InChI is InChI=1S/C44H63NO9S2.C29H33NO2S2.C21H37NO13.2C6H13NO4/c1-36(53-35-38(3)54-34-37(2)51-29-27-49-26-25-48-4)33-50-28-30-52-43(47)21-14-31-55-56-32-24-45-42(46)22-23-44(39-15-8-5-9-16-39,40-17-10-6-11-18-40)41-19-12-7-13-20-41;1-24(31)12-11-22-33-34-23-21-30-28(32)19-20-29(25-13-5-2-6-14-25,26-15-7-3-8-16-26)27-17-9-4-10-18-27;23-5-8-30-7-4-22-21(29)32-10-13-11-3-1-2-6-31-19-17(28)15(26)18(12(9-24)33-19)35-20(34-13)16(27)14(11)25;2*1-10-6(9)7-2-4-11-5-3-8/h5-13,15-20,36-38H,14,21-35H2,1-4H3,(H,45,46);2-10,13-18H,11-12,19-23H2,1H3,(H,30,32);11-20,23-28H,1-10H2,(H,22,29);2*8H,2-5H2,1H3,(H,7,9)/t;;11-,12?,13?,14+,15-,16?,17?,18-,19-,20+;;/m..1../s1. The Labute approximate surface area is 881 Å². The van der Waals surface area contributed by atoms with Gasteiger partial charge >= 0.3 is 24.2 Å². The summed E-state index contributed by atoms with van der Waals surface area (Å²) in [6.45, 7) is 14.6. The summed E-state index contributed by atoms with van der Waals surface area (Å²) in [5, 5.41) is 91.0. The molecule has 6 aromatic carbocycles. The first kappa shape index (κ1) is 129. The van der Waals surface area contributed by atoms with Crippen LogP contribution in [-0.4, -0.2) is 372 Å². The number of benzene rings is 6. The van der Waals surface area contributed by atoms with Crippen LogP contribution in [0.3, 0.4) is 0 Å².